The van der Waals surface area contributed by atoms with Gasteiger partial charge in [-0.05, 0) is 31.4 Å². The summed E-state index contributed by atoms with van der Waals surface area (Å²) in [6.45, 7) is 0. The van der Waals surface area contributed by atoms with Crippen molar-refractivity contribution in [3.63, 3.8) is 0 Å². The lowest BCUT2D eigenvalue weighted by Gasteiger charge is -2.21. The maximum atomic E-state index is 5.88. The lowest BCUT2D eigenvalue weighted by Crippen LogP contribution is -2.31. The van der Waals surface area contributed by atoms with E-state index in [-0.39, 0.29) is 0 Å². The van der Waals surface area contributed by atoms with Gasteiger partial charge in [0.1, 0.15) is 5.82 Å². The van der Waals surface area contributed by atoms with Crippen LogP contribution in [-0.4, -0.2) is 28.2 Å². The van der Waals surface area contributed by atoms with Crippen molar-refractivity contribution in [3.05, 3.63) is 24.3 Å². The molecule has 4 rings (SSSR count). The summed E-state index contributed by atoms with van der Waals surface area (Å²) in [5, 5.41) is 4.53. The molecule has 2 bridgehead atoms. The highest BCUT2D eigenvalue weighted by molar-refractivity contribution is 5.90. The van der Waals surface area contributed by atoms with E-state index in [9.17, 15) is 0 Å². The Kier molecular flexibility index (Phi) is 2.71. The SMILES string of the molecule is NNc1nc(NC2CC3CCC2O3)c2ccccc2n1. The Morgan fingerprint density at radius 3 is 2.85 bits per heavy atom. The third-order valence-electron chi connectivity index (χ3n) is 4.16. The highest BCUT2D eigenvalue weighted by atomic mass is 16.5. The monoisotopic (exact) mass is 271 g/mol. The number of nitrogens with zero attached hydrogens (tertiary/aromatic N) is 2. The van der Waals surface area contributed by atoms with E-state index in [1.54, 1.807) is 0 Å². The molecule has 4 N–H and O–H groups in total. The molecule has 20 heavy (non-hydrogen) atoms. The maximum absolute atomic E-state index is 5.88. The lowest BCUT2D eigenvalue weighted by molar-refractivity contribution is 0.102. The second-order valence-corrected chi connectivity index (χ2v) is 5.42. The molecule has 1 aromatic carbocycles. The van der Waals surface area contributed by atoms with Gasteiger partial charge in [0.15, 0.2) is 0 Å². The summed E-state index contributed by atoms with van der Waals surface area (Å²) in [5.41, 5.74) is 3.40. The second kappa shape index (κ2) is 4.57. The topological polar surface area (TPSA) is 85.1 Å². The summed E-state index contributed by atoms with van der Waals surface area (Å²) >= 11 is 0. The van der Waals surface area contributed by atoms with Crippen LogP contribution in [0, 0.1) is 0 Å². The average molecular weight is 271 g/mol. The van der Waals surface area contributed by atoms with Gasteiger partial charge in [0.05, 0.1) is 23.8 Å². The molecule has 6 heteroatoms. The van der Waals surface area contributed by atoms with Crippen LogP contribution < -0.4 is 16.6 Å². The Morgan fingerprint density at radius 1 is 1.20 bits per heavy atom. The number of nitrogens with two attached hydrogens (primary N) is 1. The van der Waals surface area contributed by atoms with Crippen molar-refractivity contribution in [2.75, 3.05) is 10.7 Å². The molecule has 2 fully saturated rings. The minimum atomic E-state index is 0.308. The molecule has 0 spiro atoms. The van der Waals surface area contributed by atoms with Crippen molar-refractivity contribution >= 4 is 22.7 Å². The molecule has 2 saturated heterocycles. The van der Waals surface area contributed by atoms with Crippen molar-refractivity contribution in [3.8, 4) is 0 Å². The molecule has 0 amide bonds. The van der Waals surface area contributed by atoms with Gasteiger partial charge in [-0.15, -0.1) is 0 Å². The number of rotatable bonds is 3. The Hall–Kier alpha value is -1.92. The van der Waals surface area contributed by atoms with E-state index in [1.807, 2.05) is 24.3 Å². The molecule has 0 saturated carbocycles. The molecular formula is C14H17N5O. The Morgan fingerprint density at radius 2 is 2.10 bits per heavy atom. The van der Waals surface area contributed by atoms with Crippen LogP contribution >= 0.6 is 0 Å². The van der Waals surface area contributed by atoms with Gasteiger partial charge in [0.25, 0.3) is 0 Å². The number of aromatic nitrogens is 2. The maximum Gasteiger partial charge on any atom is 0.239 e. The van der Waals surface area contributed by atoms with Crippen molar-refractivity contribution in [1.29, 1.82) is 0 Å². The highest BCUT2D eigenvalue weighted by Crippen LogP contribution is 2.36. The molecule has 2 aliphatic heterocycles. The zero-order valence-electron chi connectivity index (χ0n) is 11.0. The summed E-state index contributed by atoms with van der Waals surface area (Å²) in [6, 6.07) is 8.26. The molecule has 0 aliphatic carbocycles. The number of anilines is 2. The van der Waals surface area contributed by atoms with Crippen molar-refractivity contribution in [2.45, 2.75) is 37.5 Å². The first-order valence-corrected chi connectivity index (χ1v) is 6.99. The van der Waals surface area contributed by atoms with E-state index in [4.69, 9.17) is 10.6 Å². The Balaban J connectivity index is 1.71. The summed E-state index contributed by atoms with van der Waals surface area (Å²) < 4.78 is 5.88. The van der Waals surface area contributed by atoms with Crippen LogP contribution in [-0.2, 0) is 4.74 Å². The predicted octanol–water partition coefficient (Wildman–Crippen LogP) is 1.65. The first-order chi connectivity index (χ1) is 9.83. The van der Waals surface area contributed by atoms with Gasteiger partial charge in [-0.1, -0.05) is 12.1 Å². The normalized spacial score (nSPS) is 27.9. The van der Waals surface area contributed by atoms with Gasteiger partial charge in [-0.25, -0.2) is 10.8 Å². The smallest absolute Gasteiger partial charge is 0.239 e. The number of para-hydroxylation sites is 1. The van der Waals surface area contributed by atoms with Gasteiger partial charge >= 0.3 is 0 Å². The largest absolute Gasteiger partial charge is 0.373 e. The molecule has 6 nitrogen and oxygen atoms in total. The van der Waals surface area contributed by atoms with Crippen molar-refractivity contribution < 1.29 is 4.74 Å². The van der Waals surface area contributed by atoms with Crippen LogP contribution in [0.3, 0.4) is 0 Å². The summed E-state index contributed by atoms with van der Waals surface area (Å²) in [7, 11) is 0. The van der Waals surface area contributed by atoms with E-state index in [0.717, 1.165) is 29.6 Å². The van der Waals surface area contributed by atoms with E-state index < -0.39 is 0 Å². The van der Waals surface area contributed by atoms with Gasteiger partial charge in [-0.3, -0.25) is 5.43 Å². The number of fused-ring (bicyclic) bond motifs is 3. The van der Waals surface area contributed by atoms with E-state index >= 15 is 0 Å². The molecule has 2 aliphatic rings. The number of nitrogens with one attached hydrogen (secondary N) is 2. The van der Waals surface area contributed by atoms with E-state index in [0.29, 0.717) is 24.2 Å². The Bertz CT molecular complexity index is 646. The van der Waals surface area contributed by atoms with Gasteiger partial charge in [0, 0.05) is 5.39 Å². The van der Waals surface area contributed by atoms with Crippen LogP contribution in [0.1, 0.15) is 19.3 Å². The number of nitrogen functional groups attached to an aromatic ring is 1. The standard InChI is InChI=1S/C14H17N5O/c15-19-14-17-10-4-2-1-3-9(10)13(18-14)16-11-7-8-5-6-12(11)20-8/h1-4,8,11-12H,5-7,15H2,(H2,16,17,18,19). The van der Waals surface area contributed by atoms with E-state index in [1.165, 1.54) is 6.42 Å². The molecule has 3 heterocycles. The second-order valence-electron chi connectivity index (χ2n) is 5.42. The first-order valence-electron chi connectivity index (χ1n) is 6.99. The average Bonchev–Trinajstić information content (AvgIpc) is 3.09. The quantitative estimate of drug-likeness (QED) is 0.581. The molecular weight excluding hydrogens is 254 g/mol. The van der Waals surface area contributed by atoms with Crippen LogP contribution in [0.15, 0.2) is 24.3 Å². The first kappa shape index (κ1) is 11.9. The number of hydrogen-bond acceptors (Lipinski definition) is 6. The third kappa shape index (κ3) is 1.88. The number of hydrazine groups is 1. The Labute approximate surface area is 116 Å². The van der Waals surface area contributed by atoms with E-state index in [2.05, 4.69) is 20.7 Å². The molecule has 2 aromatic rings. The van der Waals surface area contributed by atoms with Crippen LogP contribution in [0.4, 0.5) is 11.8 Å². The van der Waals surface area contributed by atoms with Gasteiger partial charge in [0.2, 0.25) is 5.95 Å². The van der Waals surface area contributed by atoms with Crippen molar-refractivity contribution in [2.24, 2.45) is 5.84 Å². The molecule has 104 valence electrons. The number of hydrogen-bond donors (Lipinski definition) is 3. The fourth-order valence-corrected chi connectivity index (χ4v) is 3.22. The minimum Gasteiger partial charge on any atom is -0.373 e. The summed E-state index contributed by atoms with van der Waals surface area (Å²) in [5.74, 6) is 6.70. The van der Waals surface area contributed by atoms with Crippen molar-refractivity contribution in [1.82, 2.24) is 9.97 Å². The molecule has 1 aromatic heterocycles. The zero-order valence-corrected chi connectivity index (χ0v) is 11.0. The highest BCUT2D eigenvalue weighted by Gasteiger charge is 2.41. The van der Waals surface area contributed by atoms with Crippen LogP contribution in [0.2, 0.25) is 0 Å². The number of ether oxygens (including phenoxy) is 1. The minimum absolute atomic E-state index is 0.308. The summed E-state index contributed by atoms with van der Waals surface area (Å²) in [4.78, 5) is 8.81. The molecule has 3 atom stereocenters. The summed E-state index contributed by atoms with van der Waals surface area (Å²) in [6.07, 6.45) is 4.09. The lowest BCUT2D eigenvalue weighted by atomic mass is 9.95. The fourth-order valence-electron chi connectivity index (χ4n) is 3.22. The number of benzene rings is 1. The van der Waals surface area contributed by atoms with Crippen LogP contribution in [0.5, 0.6) is 0 Å². The predicted molar refractivity (Wildman–Crippen MR) is 77.3 cm³/mol. The zero-order chi connectivity index (χ0) is 13.5. The molecule has 3 unspecified atom stereocenters. The van der Waals surface area contributed by atoms with Crippen LogP contribution in [0.25, 0.3) is 10.9 Å². The van der Waals surface area contributed by atoms with Gasteiger partial charge < -0.3 is 10.1 Å². The fraction of sp³-hybridized carbons (Fsp3) is 0.429. The molecule has 0 radical (unpaired) electrons. The van der Waals surface area contributed by atoms with Gasteiger partial charge in [-0.2, -0.15) is 4.98 Å². The third-order valence-corrected chi connectivity index (χ3v) is 4.16.